The van der Waals surface area contributed by atoms with Crippen LogP contribution < -0.4 is 19.1 Å². The van der Waals surface area contributed by atoms with Crippen LogP contribution in [0.4, 0.5) is 11.5 Å². The lowest BCUT2D eigenvalue weighted by atomic mass is 9.98. The average Bonchev–Trinajstić information content (AvgIpc) is 2.83. The topological polar surface area (TPSA) is 144 Å². The molecule has 2 N–H and O–H groups in total. The molecule has 1 saturated heterocycles. The second-order valence-corrected chi connectivity index (χ2v) is 9.24. The number of methoxy groups -OCH3 is 2. The Morgan fingerprint density at radius 2 is 1.94 bits per heavy atom. The highest BCUT2D eigenvalue weighted by molar-refractivity contribution is 7.92. The maximum absolute atomic E-state index is 12.9. The molecule has 2 aromatic rings. The number of pyridine rings is 1. The van der Waals surface area contributed by atoms with Gasteiger partial charge in [0.25, 0.3) is 10.0 Å². The van der Waals surface area contributed by atoms with Crippen molar-refractivity contribution in [1.29, 1.82) is 0 Å². The Hall–Kier alpha value is -3.54. The van der Waals surface area contributed by atoms with Gasteiger partial charge < -0.3 is 24.2 Å². The first kappa shape index (κ1) is 25.1. The number of ether oxygens (including phenoxy) is 3. The summed E-state index contributed by atoms with van der Waals surface area (Å²) in [4.78, 5) is 29.9. The van der Waals surface area contributed by atoms with Crippen molar-refractivity contribution < 1.29 is 37.3 Å². The van der Waals surface area contributed by atoms with Crippen molar-refractivity contribution in [3.05, 3.63) is 36.0 Å². The number of carboxylic acid groups (broad SMARTS) is 1. The second kappa shape index (κ2) is 10.6. The van der Waals surface area contributed by atoms with Crippen molar-refractivity contribution >= 4 is 33.5 Å². The number of sulfonamides is 1. The van der Waals surface area contributed by atoms with Crippen LogP contribution in [0.3, 0.4) is 0 Å². The summed E-state index contributed by atoms with van der Waals surface area (Å²) >= 11 is 0. The minimum absolute atomic E-state index is 0.0186. The van der Waals surface area contributed by atoms with E-state index in [4.69, 9.17) is 14.2 Å². The summed E-state index contributed by atoms with van der Waals surface area (Å²) in [6.45, 7) is 2.77. The molecule has 1 fully saturated rings. The summed E-state index contributed by atoms with van der Waals surface area (Å²) in [5.74, 6) is -1.23. The first-order chi connectivity index (χ1) is 16.2. The molecule has 0 aliphatic carbocycles. The number of aromatic nitrogens is 1. The molecule has 184 valence electrons. The lowest BCUT2D eigenvalue weighted by Gasteiger charge is -2.33. The summed E-state index contributed by atoms with van der Waals surface area (Å²) in [5.41, 5.74) is -0.202. The molecule has 2 heterocycles. The van der Waals surface area contributed by atoms with E-state index in [1.165, 1.54) is 44.7 Å². The Kier molecular flexibility index (Phi) is 7.82. The first-order valence-corrected chi connectivity index (χ1v) is 12.1. The number of aromatic carboxylic acids is 1. The fraction of sp³-hybridized carbons (Fsp3) is 0.409. The highest BCUT2D eigenvalue weighted by atomic mass is 32.2. The Morgan fingerprint density at radius 1 is 1.21 bits per heavy atom. The number of carboxylic acids is 1. The molecule has 1 aromatic heterocycles. The number of benzene rings is 1. The summed E-state index contributed by atoms with van der Waals surface area (Å²) in [5, 5.41) is 9.76. The largest absolute Gasteiger partial charge is 0.493 e. The predicted octanol–water partition coefficient (Wildman–Crippen LogP) is 2.38. The van der Waals surface area contributed by atoms with Gasteiger partial charge in [0.05, 0.1) is 43.5 Å². The van der Waals surface area contributed by atoms with E-state index in [0.29, 0.717) is 25.1 Å². The van der Waals surface area contributed by atoms with Gasteiger partial charge in [-0.15, -0.1) is 0 Å². The maximum atomic E-state index is 12.9. The van der Waals surface area contributed by atoms with Gasteiger partial charge in [-0.3, -0.25) is 9.52 Å². The molecular formula is C22H27N3O8S. The van der Waals surface area contributed by atoms with Gasteiger partial charge in [-0.1, -0.05) is 0 Å². The van der Waals surface area contributed by atoms with Gasteiger partial charge in [-0.05, 0) is 38.0 Å². The highest BCUT2D eigenvalue weighted by Crippen LogP contribution is 2.31. The third kappa shape index (κ3) is 5.50. The number of nitrogens with zero attached hydrogens (tertiary/aromatic N) is 2. The molecule has 1 aliphatic rings. The molecule has 0 radical (unpaired) electrons. The second-order valence-electron chi connectivity index (χ2n) is 7.56. The number of nitrogens with one attached hydrogen (secondary N) is 1. The van der Waals surface area contributed by atoms with Crippen LogP contribution in [-0.4, -0.2) is 64.4 Å². The van der Waals surface area contributed by atoms with Crippen molar-refractivity contribution in [2.45, 2.75) is 24.7 Å². The Balaban J connectivity index is 1.87. The van der Waals surface area contributed by atoms with E-state index in [1.807, 2.05) is 0 Å². The van der Waals surface area contributed by atoms with Crippen LogP contribution in [0.2, 0.25) is 0 Å². The number of piperidine rings is 1. The first-order valence-electron chi connectivity index (χ1n) is 10.6. The molecule has 0 unspecified atom stereocenters. The maximum Gasteiger partial charge on any atom is 0.339 e. The van der Waals surface area contributed by atoms with E-state index in [9.17, 15) is 23.1 Å². The Morgan fingerprint density at radius 3 is 2.59 bits per heavy atom. The smallest absolute Gasteiger partial charge is 0.339 e. The van der Waals surface area contributed by atoms with Gasteiger partial charge >= 0.3 is 11.9 Å². The third-order valence-corrected chi connectivity index (χ3v) is 6.73. The SMILES string of the molecule is CCOC(=O)[C@@H]1CCCN(c2ncc(NS(=O)(=O)c3ccc(OC)c(OC)c3)cc2C(=O)O)C1. The van der Waals surface area contributed by atoms with Crippen LogP contribution in [0.25, 0.3) is 0 Å². The monoisotopic (exact) mass is 493 g/mol. The van der Waals surface area contributed by atoms with E-state index in [-0.39, 0.29) is 52.8 Å². The molecule has 0 saturated carbocycles. The van der Waals surface area contributed by atoms with Gasteiger partial charge in [-0.25, -0.2) is 18.2 Å². The van der Waals surface area contributed by atoms with Crippen molar-refractivity contribution in [2.75, 3.05) is 43.5 Å². The lowest BCUT2D eigenvalue weighted by molar-refractivity contribution is -0.148. The molecular weight excluding hydrogens is 466 g/mol. The summed E-state index contributed by atoms with van der Waals surface area (Å²) in [7, 11) is -1.25. The summed E-state index contributed by atoms with van der Waals surface area (Å²) in [6, 6.07) is 5.29. The molecule has 12 heteroatoms. The minimum atomic E-state index is -4.07. The van der Waals surface area contributed by atoms with Gasteiger partial charge in [0, 0.05) is 19.2 Å². The Bertz CT molecular complexity index is 1170. The molecule has 3 rings (SSSR count). The van der Waals surface area contributed by atoms with Crippen LogP contribution >= 0.6 is 0 Å². The van der Waals surface area contributed by atoms with E-state index in [1.54, 1.807) is 11.8 Å². The fourth-order valence-corrected chi connectivity index (χ4v) is 4.79. The van der Waals surface area contributed by atoms with E-state index in [2.05, 4.69) is 9.71 Å². The molecule has 1 aliphatic heterocycles. The van der Waals surface area contributed by atoms with E-state index < -0.39 is 16.0 Å². The van der Waals surface area contributed by atoms with Gasteiger partial charge in [-0.2, -0.15) is 0 Å². The molecule has 34 heavy (non-hydrogen) atoms. The molecule has 1 aromatic carbocycles. The molecule has 1 atom stereocenters. The van der Waals surface area contributed by atoms with Crippen LogP contribution in [0, 0.1) is 5.92 Å². The number of carbonyl (C=O) groups is 2. The van der Waals surface area contributed by atoms with Crippen molar-refractivity contribution in [3.63, 3.8) is 0 Å². The number of carbonyl (C=O) groups excluding carboxylic acids is 1. The number of rotatable bonds is 9. The number of anilines is 2. The van der Waals surface area contributed by atoms with Crippen molar-refractivity contribution in [1.82, 2.24) is 4.98 Å². The predicted molar refractivity (Wildman–Crippen MR) is 123 cm³/mol. The van der Waals surface area contributed by atoms with Crippen LogP contribution in [-0.2, 0) is 19.6 Å². The van der Waals surface area contributed by atoms with E-state index >= 15 is 0 Å². The van der Waals surface area contributed by atoms with Crippen LogP contribution in [0.1, 0.15) is 30.1 Å². The number of hydrogen-bond donors (Lipinski definition) is 2. The number of esters is 1. The quantitative estimate of drug-likeness (QED) is 0.500. The summed E-state index contributed by atoms with van der Waals surface area (Å²) < 4.78 is 43.5. The van der Waals surface area contributed by atoms with Gasteiger partial charge in [0.2, 0.25) is 0 Å². The lowest BCUT2D eigenvalue weighted by Crippen LogP contribution is -2.40. The zero-order valence-corrected chi connectivity index (χ0v) is 19.9. The highest BCUT2D eigenvalue weighted by Gasteiger charge is 2.30. The molecule has 0 bridgehead atoms. The zero-order valence-electron chi connectivity index (χ0n) is 19.1. The van der Waals surface area contributed by atoms with E-state index in [0.717, 1.165) is 0 Å². The molecule has 0 amide bonds. The van der Waals surface area contributed by atoms with Gasteiger partial charge in [0.15, 0.2) is 11.5 Å². The van der Waals surface area contributed by atoms with Crippen molar-refractivity contribution in [2.24, 2.45) is 5.92 Å². The van der Waals surface area contributed by atoms with Crippen LogP contribution in [0.15, 0.2) is 35.4 Å². The Labute approximate surface area is 197 Å². The average molecular weight is 494 g/mol. The third-order valence-electron chi connectivity index (χ3n) is 5.36. The standard InChI is InChI=1S/C22H27N3O8S/c1-4-33-22(28)14-6-5-9-25(13-14)20-17(21(26)27)10-15(12-23-20)24-34(29,30)16-7-8-18(31-2)19(11-16)32-3/h7-8,10-12,14,24H,4-6,9,13H2,1-3H3,(H,26,27)/t14-/m1/s1. The fourth-order valence-electron chi connectivity index (χ4n) is 3.74. The normalized spacial score (nSPS) is 16.0. The zero-order chi connectivity index (χ0) is 24.9. The number of hydrogen-bond acceptors (Lipinski definition) is 9. The molecule has 11 nitrogen and oxygen atoms in total. The summed E-state index contributed by atoms with van der Waals surface area (Å²) in [6.07, 6.45) is 2.55. The van der Waals surface area contributed by atoms with Crippen molar-refractivity contribution in [3.8, 4) is 11.5 Å². The van der Waals surface area contributed by atoms with Gasteiger partial charge in [0.1, 0.15) is 11.4 Å². The van der Waals surface area contributed by atoms with Crippen LogP contribution in [0.5, 0.6) is 11.5 Å². The molecule has 0 spiro atoms. The minimum Gasteiger partial charge on any atom is -0.493 e.